The molecule has 0 saturated carbocycles. The Morgan fingerprint density at radius 1 is 1.37 bits per heavy atom. The molecule has 1 aromatic carbocycles. The largest absolute Gasteiger partial charge is 0.342 e. The summed E-state index contributed by atoms with van der Waals surface area (Å²) in [6, 6.07) is 8.24. The monoisotopic (exact) mass is 275 g/mol. The maximum Gasteiger partial charge on any atom is 0.236 e. The van der Waals surface area contributed by atoms with E-state index in [1.165, 1.54) is 9.71 Å². The van der Waals surface area contributed by atoms with E-state index in [-0.39, 0.29) is 12.5 Å². The Morgan fingerprint density at radius 2 is 2.11 bits per heavy atom. The van der Waals surface area contributed by atoms with Crippen LogP contribution in [0, 0.1) is 0 Å². The fourth-order valence-corrected chi connectivity index (χ4v) is 3.71. The van der Waals surface area contributed by atoms with E-state index in [1.54, 1.807) is 11.3 Å². The second-order valence-electron chi connectivity index (χ2n) is 4.88. The van der Waals surface area contributed by atoms with Gasteiger partial charge in [0.05, 0.1) is 21.8 Å². The molecule has 2 heterocycles. The molecule has 4 nitrogen and oxygen atoms in total. The smallest absolute Gasteiger partial charge is 0.236 e. The summed E-state index contributed by atoms with van der Waals surface area (Å²) in [4.78, 5) is 18.1. The number of piperidine rings is 1. The molecule has 1 amide bonds. The number of thiazole rings is 1. The van der Waals surface area contributed by atoms with Crippen LogP contribution >= 0.6 is 11.3 Å². The van der Waals surface area contributed by atoms with Crippen molar-refractivity contribution in [1.29, 1.82) is 0 Å². The lowest BCUT2D eigenvalue weighted by Crippen LogP contribution is -2.41. The van der Waals surface area contributed by atoms with Gasteiger partial charge in [0.1, 0.15) is 0 Å². The molecule has 1 saturated heterocycles. The number of benzene rings is 1. The van der Waals surface area contributed by atoms with Gasteiger partial charge in [-0.1, -0.05) is 12.1 Å². The van der Waals surface area contributed by atoms with Crippen molar-refractivity contribution in [3.05, 3.63) is 29.3 Å². The number of fused-ring (bicyclic) bond motifs is 1. The lowest BCUT2D eigenvalue weighted by Gasteiger charge is -2.30. The second kappa shape index (κ2) is 5.27. The average molecular weight is 275 g/mol. The number of carbonyl (C=O) groups excluding carboxylic acids is 1. The Morgan fingerprint density at radius 3 is 2.79 bits per heavy atom. The van der Waals surface area contributed by atoms with E-state index in [2.05, 4.69) is 12.1 Å². The summed E-state index contributed by atoms with van der Waals surface area (Å²) in [7, 11) is 0. The van der Waals surface area contributed by atoms with Crippen LogP contribution in [0.1, 0.15) is 23.8 Å². The number of aromatic nitrogens is 1. The van der Waals surface area contributed by atoms with E-state index in [9.17, 15) is 4.79 Å². The first kappa shape index (κ1) is 12.6. The van der Waals surface area contributed by atoms with Crippen molar-refractivity contribution in [2.45, 2.75) is 18.8 Å². The predicted molar refractivity (Wildman–Crippen MR) is 77.2 cm³/mol. The highest BCUT2D eigenvalue weighted by Gasteiger charge is 2.25. The number of carbonyl (C=O) groups is 1. The molecule has 100 valence electrons. The Balaban J connectivity index is 1.72. The van der Waals surface area contributed by atoms with Crippen LogP contribution in [0.15, 0.2) is 24.3 Å². The Hall–Kier alpha value is -1.46. The quantitative estimate of drug-likeness (QED) is 0.911. The van der Waals surface area contributed by atoms with Gasteiger partial charge in [-0.05, 0) is 25.0 Å². The third-order valence-corrected chi connectivity index (χ3v) is 4.88. The van der Waals surface area contributed by atoms with Crippen molar-refractivity contribution in [2.24, 2.45) is 5.73 Å². The van der Waals surface area contributed by atoms with Gasteiger partial charge >= 0.3 is 0 Å². The van der Waals surface area contributed by atoms with Crippen LogP contribution < -0.4 is 5.73 Å². The molecule has 0 atom stereocenters. The fraction of sp³-hybridized carbons (Fsp3) is 0.429. The van der Waals surface area contributed by atoms with Crippen LogP contribution in [0.5, 0.6) is 0 Å². The van der Waals surface area contributed by atoms with Gasteiger partial charge in [-0.3, -0.25) is 4.79 Å². The highest BCUT2D eigenvalue weighted by atomic mass is 32.1. The van der Waals surface area contributed by atoms with Gasteiger partial charge in [0.15, 0.2) is 0 Å². The maximum absolute atomic E-state index is 11.5. The van der Waals surface area contributed by atoms with Gasteiger partial charge < -0.3 is 10.6 Å². The van der Waals surface area contributed by atoms with Crippen LogP contribution in [0.4, 0.5) is 0 Å². The van der Waals surface area contributed by atoms with Crippen molar-refractivity contribution in [1.82, 2.24) is 9.88 Å². The Kier molecular flexibility index (Phi) is 3.48. The number of para-hydroxylation sites is 1. The molecule has 19 heavy (non-hydrogen) atoms. The van der Waals surface area contributed by atoms with Gasteiger partial charge in [0, 0.05) is 19.0 Å². The lowest BCUT2D eigenvalue weighted by molar-refractivity contribution is -0.130. The first-order valence-electron chi connectivity index (χ1n) is 6.61. The molecule has 1 aromatic heterocycles. The first-order valence-corrected chi connectivity index (χ1v) is 7.43. The molecular formula is C14H17N3OS. The van der Waals surface area contributed by atoms with Crippen molar-refractivity contribution in [3.8, 4) is 0 Å². The van der Waals surface area contributed by atoms with E-state index in [1.807, 2.05) is 17.0 Å². The fourth-order valence-electron chi connectivity index (χ4n) is 2.57. The third kappa shape index (κ3) is 2.48. The van der Waals surface area contributed by atoms with E-state index >= 15 is 0 Å². The number of nitrogens with zero attached hydrogens (tertiary/aromatic N) is 2. The minimum atomic E-state index is 0.0581. The molecule has 0 spiro atoms. The van der Waals surface area contributed by atoms with Crippen molar-refractivity contribution < 1.29 is 4.79 Å². The summed E-state index contributed by atoms with van der Waals surface area (Å²) >= 11 is 1.78. The zero-order chi connectivity index (χ0) is 13.2. The van der Waals surface area contributed by atoms with E-state index in [0.717, 1.165) is 31.4 Å². The highest BCUT2D eigenvalue weighted by Crippen LogP contribution is 2.33. The van der Waals surface area contributed by atoms with E-state index < -0.39 is 0 Å². The summed E-state index contributed by atoms with van der Waals surface area (Å²) in [5, 5.41) is 1.21. The number of hydrogen-bond donors (Lipinski definition) is 1. The highest BCUT2D eigenvalue weighted by molar-refractivity contribution is 7.18. The van der Waals surface area contributed by atoms with Crippen LogP contribution in [0.3, 0.4) is 0 Å². The lowest BCUT2D eigenvalue weighted by atomic mass is 9.97. The summed E-state index contributed by atoms with van der Waals surface area (Å²) in [5.74, 6) is 0.543. The van der Waals surface area contributed by atoms with E-state index in [0.29, 0.717) is 5.92 Å². The Bertz CT molecular complexity index is 554. The van der Waals surface area contributed by atoms with Gasteiger partial charge in [-0.25, -0.2) is 4.98 Å². The van der Waals surface area contributed by atoms with Gasteiger partial charge in [0.2, 0.25) is 5.91 Å². The van der Waals surface area contributed by atoms with Crippen LogP contribution in [-0.2, 0) is 4.79 Å². The number of amides is 1. The summed E-state index contributed by atoms with van der Waals surface area (Å²) < 4.78 is 1.25. The number of likely N-dealkylation sites (tertiary alicyclic amines) is 1. The molecule has 2 aromatic rings. The summed E-state index contributed by atoms with van der Waals surface area (Å²) in [6.07, 6.45) is 1.98. The van der Waals surface area contributed by atoms with E-state index in [4.69, 9.17) is 10.7 Å². The predicted octanol–water partition coefficient (Wildman–Crippen LogP) is 1.96. The minimum absolute atomic E-state index is 0.0581. The average Bonchev–Trinajstić information content (AvgIpc) is 2.90. The second-order valence-corrected chi connectivity index (χ2v) is 5.94. The van der Waals surface area contributed by atoms with Crippen LogP contribution in [-0.4, -0.2) is 35.4 Å². The summed E-state index contributed by atoms with van der Waals surface area (Å²) in [6.45, 7) is 1.72. The van der Waals surface area contributed by atoms with Crippen LogP contribution in [0.25, 0.3) is 10.2 Å². The molecule has 2 N–H and O–H groups in total. The number of hydrogen-bond acceptors (Lipinski definition) is 4. The standard InChI is InChI=1S/C14H17N3OS/c15-9-13(18)17-7-5-10(6-8-17)14-16-11-3-1-2-4-12(11)19-14/h1-4,10H,5-9,15H2. The minimum Gasteiger partial charge on any atom is -0.342 e. The number of rotatable bonds is 2. The Labute approximate surface area is 116 Å². The molecule has 0 aliphatic carbocycles. The normalized spacial score (nSPS) is 17.0. The molecule has 1 aliphatic heterocycles. The zero-order valence-electron chi connectivity index (χ0n) is 10.7. The topological polar surface area (TPSA) is 59.2 Å². The molecule has 3 rings (SSSR count). The maximum atomic E-state index is 11.5. The molecule has 1 aliphatic rings. The molecular weight excluding hydrogens is 258 g/mol. The third-order valence-electron chi connectivity index (χ3n) is 3.68. The van der Waals surface area contributed by atoms with Gasteiger partial charge in [0.25, 0.3) is 0 Å². The number of nitrogens with two attached hydrogens (primary N) is 1. The zero-order valence-corrected chi connectivity index (χ0v) is 11.5. The molecule has 0 radical (unpaired) electrons. The van der Waals surface area contributed by atoms with Crippen molar-refractivity contribution in [3.63, 3.8) is 0 Å². The first-order chi connectivity index (χ1) is 9.28. The van der Waals surface area contributed by atoms with Gasteiger partial charge in [-0.15, -0.1) is 11.3 Å². The molecule has 0 bridgehead atoms. The molecule has 1 fully saturated rings. The summed E-state index contributed by atoms with van der Waals surface area (Å²) in [5.41, 5.74) is 6.48. The van der Waals surface area contributed by atoms with Crippen LogP contribution in [0.2, 0.25) is 0 Å². The van der Waals surface area contributed by atoms with Crippen molar-refractivity contribution >= 4 is 27.5 Å². The molecule has 0 unspecified atom stereocenters. The van der Waals surface area contributed by atoms with Gasteiger partial charge in [-0.2, -0.15) is 0 Å². The SMILES string of the molecule is NCC(=O)N1CCC(c2nc3ccccc3s2)CC1. The molecule has 5 heteroatoms. The van der Waals surface area contributed by atoms with Crippen molar-refractivity contribution in [2.75, 3.05) is 19.6 Å².